The second-order valence-corrected chi connectivity index (χ2v) is 6.98. The van der Waals surface area contributed by atoms with Gasteiger partial charge in [0, 0.05) is 28.4 Å². The van der Waals surface area contributed by atoms with Crippen molar-refractivity contribution in [1.29, 1.82) is 0 Å². The summed E-state index contributed by atoms with van der Waals surface area (Å²) in [6, 6.07) is 9.67. The van der Waals surface area contributed by atoms with Crippen molar-refractivity contribution in [1.82, 2.24) is 9.55 Å². The number of alkyl halides is 3. The lowest BCUT2D eigenvalue weighted by molar-refractivity contribution is -0.274. The molecule has 4 aromatic rings. The van der Waals surface area contributed by atoms with E-state index in [1.807, 2.05) is 0 Å². The van der Waals surface area contributed by atoms with Gasteiger partial charge in [-0.2, -0.15) is 0 Å². The second-order valence-electron chi connectivity index (χ2n) is 6.62. The Balaban J connectivity index is 2.17. The number of methoxy groups -OCH3 is 1. The molecule has 2 aromatic carbocycles. The van der Waals surface area contributed by atoms with Gasteiger partial charge >= 0.3 is 12.3 Å². The van der Waals surface area contributed by atoms with Crippen LogP contribution in [0.15, 0.2) is 53.5 Å². The Bertz CT molecular complexity index is 1450. The van der Waals surface area contributed by atoms with Crippen molar-refractivity contribution >= 4 is 44.9 Å². The average Bonchev–Trinajstić information content (AvgIpc) is 2.73. The topological polar surface area (TPSA) is 96.4 Å². The van der Waals surface area contributed by atoms with Crippen LogP contribution in [0.2, 0.25) is 5.15 Å². The first-order valence-corrected chi connectivity index (χ1v) is 9.36. The third kappa shape index (κ3) is 3.58. The van der Waals surface area contributed by atoms with Crippen LogP contribution in [0.25, 0.3) is 27.4 Å². The summed E-state index contributed by atoms with van der Waals surface area (Å²) in [5.74, 6) is -1.55. The molecule has 164 valence electrons. The number of halogens is 4. The number of nitrogens with zero attached hydrogens (tertiary/aromatic N) is 2. The Kier molecular flexibility index (Phi) is 5.17. The summed E-state index contributed by atoms with van der Waals surface area (Å²) >= 11 is 6.16. The molecule has 0 atom stereocenters. The zero-order valence-corrected chi connectivity index (χ0v) is 17.0. The van der Waals surface area contributed by atoms with Crippen LogP contribution in [0.4, 0.5) is 18.9 Å². The molecule has 2 N–H and O–H groups in total. The zero-order chi connectivity index (χ0) is 23.2. The highest BCUT2D eigenvalue weighted by molar-refractivity contribution is 6.34. The SMILES string of the molecule is COC(=O)c1c(N)c2ccc(OC(F)(F)F)cc2n(-c2cccc3c(Cl)nccc23)c1=O. The van der Waals surface area contributed by atoms with E-state index in [1.54, 1.807) is 24.3 Å². The third-order valence-corrected chi connectivity index (χ3v) is 5.09. The molecule has 0 radical (unpaired) electrons. The van der Waals surface area contributed by atoms with Crippen LogP contribution in [0, 0.1) is 0 Å². The molecule has 0 spiro atoms. The molecule has 0 aliphatic rings. The smallest absolute Gasteiger partial charge is 0.465 e. The van der Waals surface area contributed by atoms with Gasteiger partial charge in [-0.3, -0.25) is 9.36 Å². The minimum Gasteiger partial charge on any atom is -0.465 e. The Morgan fingerprint density at radius 3 is 2.56 bits per heavy atom. The molecule has 11 heteroatoms. The molecule has 2 heterocycles. The quantitative estimate of drug-likeness (QED) is 0.356. The van der Waals surface area contributed by atoms with E-state index in [4.69, 9.17) is 22.1 Å². The van der Waals surface area contributed by atoms with E-state index in [-0.39, 0.29) is 27.4 Å². The predicted molar refractivity (Wildman–Crippen MR) is 112 cm³/mol. The van der Waals surface area contributed by atoms with Crippen molar-refractivity contribution in [2.75, 3.05) is 12.8 Å². The Morgan fingerprint density at radius 2 is 1.88 bits per heavy atom. The highest BCUT2D eigenvalue weighted by Crippen LogP contribution is 2.33. The highest BCUT2D eigenvalue weighted by atomic mass is 35.5. The summed E-state index contributed by atoms with van der Waals surface area (Å²) in [5.41, 5.74) is 4.71. The fraction of sp³-hybridized carbons (Fsp3) is 0.0952. The summed E-state index contributed by atoms with van der Waals surface area (Å²) in [4.78, 5) is 29.7. The minimum absolute atomic E-state index is 0.0117. The van der Waals surface area contributed by atoms with Crippen molar-refractivity contribution in [3.63, 3.8) is 0 Å². The summed E-state index contributed by atoms with van der Waals surface area (Å²) in [7, 11) is 1.08. The van der Waals surface area contributed by atoms with Gasteiger partial charge in [-0.05, 0) is 24.3 Å². The van der Waals surface area contributed by atoms with E-state index in [1.165, 1.54) is 12.3 Å². The largest absolute Gasteiger partial charge is 0.573 e. The van der Waals surface area contributed by atoms with E-state index in [0.717, 1.165) is 23.8 Å². The average molecular weight is 464 g/mol. The number of benzene rings is 2. The van der Waals surface area contributed by atoms with Gasteiger partial charge in [0.05, 0.1) is 24.0 Å². The molecular weight excluding hydrogens is 451 g/mol. The molecule has 0 aliphatic carbocycles. The van der Waals surface area contributed by atoms with E-state index in [2.05, 4.69) is 9.72 Å². The number of anilines is 1. The van der Waals surface area contributed by atoms with Crippen molar-refractivity contribution in [3.05, 3.63) is 69.7 Å². The summed E-state index contributed by atoms with van der Waals surface area (Å²) in [5, 5.41) is 1.27. The lowest BCUT2D eigenvalue weighted by atomic mass is 10.1. The first kappa shape index (κ1) is 21.4. The number of carbonyl (C=O) groups is 1. The van der Waals surface area contributed by atoms with Crippen LogP contribution in [0.1, 0.15) is 10.4 Å². The number of hydrogen-bond donors (Lipinski definition) is 1. The Hall–Kier alpha value is -3.79. The first-order chi connectivity index (χ1) is 15.1. The predicted octanol–water partition coefficient (Wildman–Crippen LogP) is 4.46. The van der Waals surface area contributed by atoms with E-state index < -0.39 is 29.2 Å². The van der Waals surface area contributed by atoms with E-state index in [9.17, 15) is 22.8 Å². The number of nitrogens with two attached hydrogens (primary N) is 1. The molecule has 0 saturated carbocycles. The summed E-state index contributed by atoms with van der Waals surface area (Å²) < 4.78 is 48.2. The lowest BCUT2D eigenvalue weighted by Crippen LogP contribution is -2.28. The van der Waals surface area contributed by atoms with E-state index >= 15 is 0 Å². The molecule has 0 aliphatic heterocycles. The second kappa shape index (κ2) is 7.72. The number of carbonyl (C=O) groups excluding carboxylic acids is 1. The van der Waals surface area contributed by atoms with Crippen molar-refractivity contribution in [2.45, 2.75) is 6.36 Å². The number of esters is 1. The normalized spacial score (nSPS) is 11.7. The minimum atomic E-state index is -4.95. The van der Waals surface area contributed by atoms with E-state index in [0.29, 0.717) is 10.8 Å². The zero-order valence-electron chi connectivity index (χ0n) is 16.2. The summed E-state index contributed by atoms with van der Waals surface area (Å²) in [6.07, 6.45) is -3.53. The third-order valence-electron chi connectivity index (χ3n) is 4.79. The van der Waals surface area contributed by atoms with Gasteiger partial charge in [-0.25, -0.2) is 9.78 Å². The lowest BCUT2D eigenvalue weighted by Gasteiger charge is -2.18. The molecule has 32 heavy (non-hydrogen) atoms. The molecular formula is C21H13ClF3N3O4. The molecule has 7 nitrogen and oxygen atoms in total. The number of aromatic nitrogens is 2. The van der Waals surface area contributed by atoms with Crippen LogP contribution < -0.4 is 16.0 Å². The van der Waals surface area contributed by atoms with Gasteiger partial charge in [0.1, 0.15) is 16.5 Å². The van der Waals surface area contributed by atoms with Crippen molar-refractivity contribution in [3.8, 4) is 11.4 Å². The molecule has 2 aromatic heterocycles. The first-order valence-electron chi connectivity index (χ1n) is 8.98. The van der Waals surface area contributed by atoms with Crippen LogP contribution in [0.5, 0.6) is 5.75 Å². The van der Waals surface area contributed by atoms with Crippen LogP contribution in [-0.2, 0) is 4.74 Å². The van der Waals surface area contributed by atoms with Gasteiger partial charge in [-0.1, -0.05) is 23.7 Å². The highest BCUT2D eigenvalue weighted by Gasteiger charge is 2.32. The van der Waals surface area contributed by atoms with Crippen molar-refractivity contribution in [2.24, 2.45) is 0 Å². The van der Waals surface area contributed by atoms with Gasteiger partial charge in [0.25, 0.3) is 5.56 Å². The number of hydrogen-bond acceptors (Lipinski definition) is 6. The van der Waals surface area contributed by atoms with Crippen LogP contribution in [-0.4, -0.2) is 29.0 Å². The number of ether oxygens (including phenoxy) is 2. The van der Waals surface area contributed by atoms with Gasteiger partial charge < -0.3 is 15.2 Å². The Labute approximate surface area is 182 Å². The maximum absolute atomic E-state index is 13.4. The number of nitrogen functional groups attached to an aromatic ring is 1. The number of fused-ring (bicyclic) bond motifs is 2. The maximum atomic E-state index is 13.4. The molecule has 0 unspecified atom stereocenters. The Morgan fingerprint density at radius 1 is 1.12 bits per heavy atom. The monoisotopic (exact) mass is 463 g/mol. The van der Waals surface area contributed by atoms with Crippen molar-refractivity contribution < 1.29 is 27.4 Å². The van der Waals surface area contributed by atoms with Gasteiger partial charge in [-0.15, -0.1) is 13.2 Å². The molecule has 0 fully saturated rings. The summed E-state index contributed by atoms with van der Waals surface area (Å²) in [6.45, 7) is 0. The molecule has 0 saturated heterocycles. The number of pyridine rings is 2. The fourth-order valence-corrected chi connectivity index (χ4v) is 3.70. The van der Waals surface area contributed by atoms with Gasteiger partial charge in [0.2, 0.25) is 0 Å². The molecule has 0 amide bonds. The molecule has 0 bridgehead atoms. The molecule has 4 rings (SSSR count). The number of rotatable bonds is 3. The standard InChI is InChI=1S/C21H13ClF3N3O4/c1-31-20(30)16-17(26)13-6-5-10(32-21(23,24)25)9-15(13)28(19(16)29)14-4-2-3-12-11(14)7-8-27-18(12)22/h2-9H,26H2,1H3. The maximum Gasteiger partial charge on any atom is 0.573 e. The van der Waals surface area contributed by atoms with Crippen LogP contribution in [0.3, 0.4) is 0 Å². The fourth-order valence-electron chi connectivity index (χ4n) is 3.48. The van der Waals surface area contributed by atoms with Gasteiger partial charge in [0.15, 0.2) is 0 Å². The van der Waals surface area contributed by atoms with Crippen LogP contribution >= 0.6 is 11.6 Å².